The van der Waals surface area contributed by atoms with Gasteiger partial charge in [-0.3, -0.25) is 0 Å². The molecule has 0 rings (SSSR count). The Bertz CT molecular complexity index is 201. The zero-order chi connectivity index (χ0) is 14.2. The standard InChI is InChI=1S/C13H25ClO5/c1-16-13(15)12-19-11-10-18-9-8-17-7-5-3-2-4-6-14/h2-12H2,1H3. The van der Waals surface area contributed by atoms with E-state index in [-0.39, 0.29) is 12.6 Å². The van der Waals surface area contributed by atoms with E-state index < -0.39 is 0 Å². The number of hydrogen-bond acceptors (Lipinski definition) is 5. The highest BCUT2D eigenvalue weighted by Crippen LogP contribution is 2.00. The Labute approximate surface area is 120 Å². The molecule has 0 heterocycles. The molecule has 0 N–H and O–H groups in total. The van der Waals surface area contributed by atoms with Crippen LogP contribution in [-0.4, -0.2) is 58.6 Å². The second-order valence-corrected chi connectivity index (χ2v) is 4.33. The molecule has 5 nitrogen and oxygen atoms in total. The van der Waals surface area contributed by atoms with Gasteiger partial charge in [0, 0.05) is 12.5 Å². The minimum absolute atomic E-state index is 0.0291. The summed E-state index contributed by atoms with van der Waals surface area (Å²) in [7, 11) is 1.33. The summed E-state index contributed by atoms with van der Waals surface area (Å²) in [5, 5.41) is 0. The molecule has 0 aliphatic heterocycles. The lowest BCUT2D eigenvalue weighted by atomic mass is 10.2. The van der Waals surface area contributed by atoms with Gasteiger partial charge < -0.3 is 18.9 Å². The predicted molar refractivity (Wildman–Crippen MR) is 73.7 cm³/mol. The van der Waals surface area contributed by atoms with Crippen LogP contribution in [0.15, 0.2) is 0 Å². The Hall–Kier alpha value is -0.360. The minimum atomic E-state index is -0.377. The monoisotopic (exact) mass is 296 g/mol. The van der Waals surface area contributed by atoms with Crippen molar-refractivity contribution in [1.29, 1.82) is 0 Å². The predicted octanol–water partition coefficient (Wildman–Crippen LogP) is 2.01. The van der Waals surface area contributed by atoms with Gasteiger partial charge in [-0.1, -0.05) is 12.8 Å². The fourth-order valence-electron chi connectivity index (χ4n) is 1.31. The van der Waals surface area contributed by atoms with Crippen LogP contribution < -0.4 is 0 Å². The zero-order valence-corrected chi connectivity index (χ0v) is 12.5. The van der Waals surface area contributed by atoms with Gasteiger partial charge in [0.25, 0.3) is 0 Å². The molecule has 0 atom stereocenters. The van der Waals surface area contributed by atoms with E-state index in [9.17, 15) is 4.79 Å². The smallest absolute Gasteiger partial charge is 0.331 e. The number of methoxy groups -OCH3 is 1. The molecule has 19 heavy (non-hydrogen) atoms. The molecular weight excluding hydrogens is 272 g/mol. The maximum atomic E-state index is 10.7. The molecule has 0 amide bonds. The van der Waals surface area contributed by atoms with Crippen molar-refractivity contribution >= 4 is 17.6 Å². The highest BCUT2D eigenvalue weighted by molar-refractivity contribution is 6.17. The molecule has 0 aliphatic carbocycles. The SMILES string of the molecule is COC(=O)COCCOCCOCCCCCCCl. The first-order valence-electron chi connectivity index (χ1n) is 6.67. The lowest BCUT2D eigenvalue weighted by Crippen LogP contribution is -2.14. The summed E-state index contributed by atoms with van der Waals surface area (Å²) >= 11 is 5.58. The number of halogens is 1. The second kappa shape index (κ2) is 15.7. The second-order valence-electron chi connectivity index (χ2n) is 3.96. The molecule has 0 fully saturated rings. The van der Waals surface area contributed by atoms with Crippen LogP contribution in [0.4, 0.5) is 0 Å². The number of alkyl halides is 1. The molecule has 0 aromatic carbocycles. The van der Waals surface area contributed by atoms with Gasteiger partial charge in [0.1, 0.15) is 6.61 Å². The molecule has 0 bridgehead atoms. The van der Waals surface area contributed by atoms with Crippen LogP contribution in [0.3, 0.4) is 0 Å². The van der Waals surface area contributed by atoms with E-state index in [0.29, 0.717) is 26.4 Å². The number of carbonyl (C=O) groups excluding carboxylic acids is 1. The van der Waals surface area contributed by atoms with Gasteiger partial charge in [-0.25, -0.2) is 4.79 Å². The van der Waals surface area contributed by atoms with Crippen LogP contribution in [0.1, 0.15) is 25.7 Å². The van der Waals surface area contributed by atoms with E-state index in [1.54, 1.807) is 0 Å². The average Bonchev–Trinajstić information content (AvgIpc) is 2.43. The van der Waals surface area contributed by atoms with Crippen molar-refractivity contribution < 1.29 is 23.7 Å². The maximum absolute atomic E-state index is 10.7. The molecule has 0 spiro atoms. The topological polar surface area (TPSA) is 54.0 Å². The first kappa shape index (κ1) is 18.6. The maximum Gasteiger partial charge on any atom is 0.331 e. The van der Waals surface area contributed by atoms with E-state index in [1.807, 2.05) is 0 Å². The summed E-state index contributed by atoms with van der Waals surface area (Å²) < 4.78 is 20.1. The Kier molecular flexibility index (Phi) is 15.4. The summed E-state index contributed by atoms with van der Waals surface area (Å²) in [6.45, 7) is 2.71. The third-order valence-corrected chi connectivity index (χ3v) is 2.63. The van der Waals surface area contributed by atoms with Crippen molar-refractivity contribution in [3.8, 4) is 0 Å². The minimum Gasteiger partial charge on any atom is -0.467 e. The highest BCUT2D eigenvalue weighted by atomic mass is 35.5. The Morgan fingerprint density at radius 1 is 0.842 bits per heavy atom. The fourth-order valence-corrected chi connectivity index (χ4v) is 1.50. The summed E-state index contributed by atoms with van der Waals surface area (Å²) in [6, 6.07) is 0. The molecule has 0 radical (unpaired) electrons. The fraction of sp³-hybridized carbons (Fsp3) is 0.923. The number of carbonyl (C=O) groups is 1. The molecule has 0 aliphatic rings. The summed E-state index contributed by atoms with van der Waals surface area (Å²) in [5.41, 5.74) is 0. The van der Waals surface area contributed by atoms with Gasteiger partial charge in [0.05, 0.1) is 33.5 Å². The van der Waals surface area contributed by atoms with Crippen molar-refractivity contribution in [1.82, 2.24) is 0 Å². The Morgan fingerprint density at radius 3 is 2.05 bits per heavy atom. The summed E-state index contributed by atoms with van der Waals surface area (Å²) in [6.07, 6.45) is 4.48. The van der Waals surface area contributed by atoms with E-state index in [4.69, 9.17) is 25.8 Å². The highest BCUT2D eigenvalue weighted by Gasteiger charge is 1.98. The largest absolute Gasteiger partial charge is 0.467 e. The molecule has 6 heteroatoms. The third-order valence-electron chi connectivity index (χ3n) is 2.36. The van der Waals surface area contributed by atoms with Crippen molar-refractivity contribution in [2.45, 2.75) is 25.7 Å². The molecule has 0 unspecified atom stereocenters. The Morgan fingerprint density at radius 2 is 1.42 bits per heavy atom. The first-order valence-corrected chi connectivity index (χ1v) is 7.20. The van der Waals surface area contributed by atoms with E-state index >= 15 is 0 Å². The molecule has 114 valence electrons. The quantitative estimate of drug-likeness (QED) is 0.279. The van der Waals surface area contributed by atoms with Crippen molar-refractivity contribution in [3.63, 3.8) is 0 Å². The van der Waals surface area contributed by atoms with Gasteiger partial charge in [-0.15, -0.1) is 11.6 Å². The normalized spacial score (nSPS) is 10.6. The van der Waals surface area contributed by atoms with Gasteiger partial charge in [-0.05, 0) is 12.8 Å². The Balaban J connectivity index is 2.97. The summed E-state index contributed by atoms with van der Waals surface area (Å²) in [4.78, 5) is 10.7. The average molecular weight is 297 g/mol. The molecule has 0 saturated heterocycles. The number of hydrogen-bond donors (Lipinski definition) is 0. The number of unbranched alkanes of at least 4 members (excludes halogenated alkanes) is 3. The summed E-state index contributed by atoms with van der Waals surface area (Å²) in [5.74, 6) is 0.365. The third kappa shape index (κ3) is 15.6. The van der Waals surface area contributed by atoms with E-state index in [0.717, 1.165) is 31.7 Å². The molecule has 0 aromatic rings. The van der Waals surface area contributed by atoms with Crippen LogP contribution in [-0.2, 0) is 23.7 Å². The van der Waals surface area contributed by atoms with E-state index in [1.165, 1.54) is 13.5 Å². The van der Waals surface area contributed by atoms with Crippen LogP contribution >= 0.6 is 11.6 Å². The van der Waals surface area contributed by atoms with Crippen molar-refractivity contribution in [2.24, 2.45) is 0 Å². The van der Waals surface area contributed by atoms with Gasteiger partial charge in [-0.2, -0.15) is 0 Å². The molecule has 0 aromatic heterocycles. The van der Waals surface area contributed by atoms with Crippen molar-refractivity contribution in [3.05, 3.63) is 0 Å². The lowest BCUT2D eigenvalue weighted by molar-refractivity contribution is -0.146. The number of ether oxygens (including phenoxy) is 4. The number of rotatable bonds is 14. The van der Waals surface area contributed by atoms with Crippen LogP contribution in [0, 0.1) is 0 Å². The van der Waals surface area contributed by atoms with Crippen LogP contribution in [0.2, 0.25) is 0 Å². The van der Waals surface area contributed by atoms with Crippen LogP contribution in [0.25, 0.3) is 0 Å². The lowest BCUT2D eigenvalue weighted by Gasteiger charge is -2.06. The van der Waals surface area contributed by atoms with Crippen molar-refractivity contribution in [2.75, 3.05) is 52.6 Å². The van der Waals surface area contributed by atoms with Crippen LogP contribution in [0.5, 0.6) is 0 Å². The van der Waals surface area contributed by atoms with Gasteiger partial charge in [0.2, 0.25) is 0 Å². The molecule has 0 saturated carbocycles. The van der Waals surface area contributed by atoms with Gasteiger partial charge in [0.15, 0.2) is 0 Å². The number of esters is 1. The zero-order valence-electron chi connectivity index (χ0n) is 11.7. The first-order chi connectivity index (χ1) is 9.31. The van der Waals surface area contributed by atoms with Gasteiger partial charge >= 0.3 is 5.97 Å². The van der Waals surface area contributed by atoms with E-state index in [2.05, 4.69) is 4.74 Å². The molecular formula is C13H25ClO5.